The van der Waals surface area contributed by atoms with E-state index in [2.05, 4.69) is 21.3 Å². The highest BCUT2D eigenvalue weighted by Gasteiger charge is 2.05. The van der Waals surface area contributed by atoms with E-state index in [0.717, 1.165) is 24.5 Å². The van der Waals surface area contributed by atoms with E-state index in [1.54, 1.807) is 6.07 Å². The summed E-state index contributed by atoms with van der Waals surface area (Å²) in [6, 6.07) is 5.47. The number of nitrogens with two attached hydrogens (primary N) is 1. The number of anilines is 1. The molecule has 0 aromatic carbocycles. The summed E-state index contributed by atoms with van der Waals surface area (Å²) in [6.45, 7) is 0.938. The molecule has 0 aliphatic rings. The van der Waals surface area contributed by atoms with Gasteiger partial charge in [-0.2, -0.15) is 11.8 Å². The summed E-state index contributed by atoms with van der Waals surface area (Å²) >= 11 is 1.83. The molecular weight excluding hydrogens is 236 g/mol. The van der Waals surface area contributed by atoms with E-state index in [4.69, 9.17) is 10.9 Å². The van der Waals surface area contributed by atoms with Crippen LogP contribution in [-0.4, -0.2) is 41.6 Å². The van der Waals surface area contributed by atoms with Gasteiger partial charge in [-0.1, -0.05) is 11.2 Å². The topological polar surface area (TPSA) is 74.7 Å². The smallest absolute Gasteiger partial charge is 0.188 e. The molecule has 0 saturated carbocycles. The fourth-order valence-corrected chi connectivity index (χ4v) is 1.81. The van der Waals surface area contributed by atoms with Gasteiger partial charge in [-0.05, 0) is 30.6 Å². The van der Waals surface area contributed by atoms with Crippen molar-refractivity contribution in [1.82, 2.24) is 4.98 Å². The van der Waals surface area contributed by atoms with Crippen LogP contribution in [0.15, 0.2) is 23.4 Å². The molecule has 1 rings (SSSR count). The van der Waals surface area contributed by atoms with Gasteiger partial charge in [0.25, 0.3) is 0 Å². The van der Waals surface area contributed by atoms with Crippen LogP contribution in [0.4, 0.5) is 5.82 Å². The minimum atomic E-state index is 0.0318. The number of thioether (sulfide) groups is 1. The SMILES string of the molecule is CSCCCN(C)c1cccc(/C(N)=N/O)n1. The average molecular weight is 254 g/mol. The third-order valence-electron chi connectivity index (χ3n) is 2.34. The van der Waals surface area contributed by atoms with Crippen molar-refractivity contribution in [3.05, 3.63) is 23.9 Å². The van der Waals surface area contributed by atoms with Crippen LogP contribution >= 0.6 is 11.8 Å². The maximum Gasteiger partial charge on any atom is 0.188 e. The number of pyridine rings is 1. The van der Waals surface area contributed by atoms with Crippen LogP contribution in [-0.2, 0) is 0 Å². The van der Waals surface area contributed by atoms with Crippen molar-refractivity contribution >= 4 is 23.4 Å². The van der Waals surface area contributed by atoms with E-state index in [0.29, 0.717) is 5.69 Å². The molecular formula is C11H18N4OS. The van der Waals surface area contributed by atoms with E-state index >= 15 is 0 Å². The Morgan fingerprint density at radius 3 is 3.00 bits per heavy atom. The third-order valence-corrected chi connectivity index (χ3v) is 3.03. The number of hydrogen-bond donors (Lipinski definition) is 2. The normalized spacial score (nSPS) is 11.5. The van der Waals surface area contributed by atoms with Gasteiger partial charge in [0, 0.05) is 13.6 Å². The van der Waals surface area contributed by atoms with E-state index < -0.39 is 0 Å². The van der Waals surface area contributed by atoms with Crippen LogP contribution in [0.2, 0.25) is 0 Å². The second-order valence-electron chi connectivity index (χ2n) is 3.63. The van der Waals surface area contributed by atoms with E-state index in [1.165, 1.54) is 0 Å². The first-order chi connectivity index (χ1) is 8.19. The highest BCUT2D eigenvalue weighted by Crippen LogP contribution is 2.10. The standard InChI is InChI=1S/C11H18N4OS/c1-15(7-4-8-17-2)10-6-3-5-9(13-10)11(12)14-16/h3,5-6,16H,4,7-8H2,1-2H3,(H2,12,14). The lowest BCUT2D eigenvalue weighted by Crippen LogP contribution is -2.22. The van der Waals surface area contributed by atoms with E-state index in [1.807, 2.05) is 30.9 Å². The minimum Gasteiger partial charge on any atom is -0.409 e. The second kappa shape index (κ2) is 7.01. The van der Waals surface area contributed by atoms with Gasteiger partial charge in [-0.15, -0.1) is 0 Å². The van der Waals surface area contributed by atoms with Gasteiger partial charge in [0.2, 0.25) is 0 Å². The van der Waals surface area contributed by atoms with Crippen LogP contribution in [0.25, 0.3) is 0 Å². The fourth-order valence-electron chi connectivity index (χ4n) is 1.39. The van der Waals surface area contributed by atoms with E-state index in [-0.39, 0.29) is 5.84 Å². The minimum absolute atomic E-state index is 0.0318. The molecule has 0 radical (unpaired) electrons. The molecule has 0 amide bonds. The van der Waals surface area contributed by atoms with Crippen LogP contribution in [0.1, 0.15) is 12.1 Å². The van der Waals surface area contributed by atoms with Gasteiger partial charge >= 0.3 is 0 Å². The number of aromatic nitrogens is 1. The van der Waals surface area contributed by atoms with Crippen LogP contribution in [0.3, 0.4) is 0 Å². The number of amidine groups is 1. The molecule has 1 aromatic heterocycles. The molecule has 0 spiro atoms. The Hall–Kier alpha value is -1.43. The first kappa shape index (κ1) is 13.6. The van der Waals surface area contributed by atoms with Crippen molar-refractivity contribution < 1.29 is 5.21 Å². The molecule has 1 aromatic rings. The molecule has 0 saturated heterocycles. The lowest BCUT2D eigenvalue weighted by Gasteiger charge is -2.18. The number of hydrogen-bond acceptors (Lipinski definition) is 5. The quantitative estimate of drug-likeness (QED) is 0.264. The molecule has 5 nitrogen and oxygen atoms in total. The van der Waals surface area contributed by atoms with Gasteiger partial charge in [0.15, 0.2) is 5.84 Å². The van der Waals surface area contributed by atoms with E-state index in [9.17, 15) is 0 Å². The molecule has 0 aliphatic carbocycles. The van der Waals surface area contributed by atoms with Crippen molar-refractivity contribution in [2.75, 3.05) is 30.5 Å². The monoisotopic (exact) mass is 254 g/mol. The van der Waals surface area contributed by atoms with Gasteiger partial charge in [0.05, 0.1) is 0 Å². The summed E-state index contributed by atoms with van der Waals surface area (Å²) in [5.74, 6) is 1.99. The zero-order chi connectivity index (χ0) is 12.7. The maximum atomic E-state index is 8.60. The second-order valence-corrected chi connectivity index (χ2v) is 4.62. The lowest BCUT2D eigenvalue weighted by molar-refractivity contribution is 0.318. The predicted molar refractivity (Wildman–Crippen MR) is 73.0 cm³/mol. The van der Waals surface area contributed by atoms with Crippen molar-refractivity contribution in [3.8, 4) is 0 Å². The Labute approximate surface area is 106 Å². The first-order valence-corrected chi connectivity index (χ1v) is 6.73. The molecule has 0 fully saturated rings. The maximum absolute atomic E-state index is 8.60. The highest BCUT2D eigenvalue weighted by molar-refractivity contribution is 7.98. The number of rotatable bonds is 6. The Morgan fingerprint density at radius 1 is 1.59 bits per heavy atom. The Morgan fingerprint density at radius 2 is 2.35 bits per heavy atom. The molecule has 0 atom stereocenters. The summed E-state index contributed by atoms with van der Waals surface area (Å²) in [7, 11) is 1.98. The summed E-state index contributed by atoms with van der Waals surface area (Å²) in [5, 5.41) is 11.5. The van der Waals surface area contributed by atoms with Crippen LogP contribution in [0, 0.1) is 0 Å². The van der Waals surface area contributed by atoms with Gasteiger partial charge in [0.1, 0.15) is 11.5 Å². The zero-order valence-electron chi connectivity index (χ0n) is 10.1. The molecule has 17 heavy (non-hydrogen) atoms. The largest absolute Gasteiger partial charge is 0.409 e. The summed E-state index contributed by atoms with van der Waals surface area (Å²) in [5.41, 5.74) is 5.99. The summed E-state index contributed by atoms with van der Waals surface area (Å²) < 4.78 is 0. The zero-order valence-corrected chi connectivity index (χ0v) is 10.9. The van der Waals surface area contributed by atoms with Gasteiger partial charge in [-0.3, -0.25) is 0 Å². The molecule has 94 valence electrons. The molecule has 6 heteroatoms. The van der Waals surface area contributed by atoms with Crippen molar-refractivity contribution in [2.45, 2.75) is 6.42 Å². The summed E-state index contributed by atoms with van der Waals surface area (Å²) in [4.78, 5) is 6.39. The molecule has 3 N–H and O–H groups in total. The Kier molecular flexibility index (Phi) is 5.62. The molecule has 1 heterocycles. The number of oxime groups is 1. The first-order valence-electron chi connectivity index (χ1n) is 5.34. The molecule has 0 unspecified atom stereocenters. The van der Waals surface area contributed by atoms with Crippen LogP contribution in [0.5, 0.6) is 0 Å². The van der Waals surface area contributed by atoms with Crippen LogP contribution < -0.4 is 10.6 Å². The Balaban J connectivity index is 2.70. The van der Waals surface area contributed by atoms with Crippen molar-refractivity contribution in [2.24, 2.45) is 10.9 Å². The lowest BCUT2D eigenvalue weighted by atomic mass is 10.3. The summed E-state index contributed by atoms with van der Waals surface area (Å²) in [6.07, 6.45) is 3.20. The predicted octanol–water partition coefficient (Wildman–Crippen LogP) is 1.37. The number of nitrogens with zero attached hydrogens (tertiary/aromatic N) is 3. The van der Waals surface area contributed by atoms with Crippen molar-refractivity contribution in [3.63, 3.8) is 0 Å². The average Bonchev–Trinajstić information content (AvgIpc) is 2.38. The highest BCUT2D eigenvalue weighted by atomic mass is 32.2. The Bertz CT molecular complexity index is 383. The van der Waals surface area contributed by atoms with Gasteiger partial charge in [-0.25, -0.2) is 4.98 Å². The third kappa shape index (κ3) is 4.14. The van der Waals surface area contributed by atoms with Crippen molar-refractivity contribution in [1.29, 1.82) is 0 Å². The van der Waals surface area contributed by atoms with Gasteiger partial charge < -0.3 is 15.8 Å². The molecule has 0 bridgehead atoms. The molecule has 0 aliphatic heterocycles. The fraction of sp³-hybridized carbons (Fsp3) is 0.455.